The molecule has 0 spiro atoms. The zero-order valence-corrected chi connectivity index (χ0v) is 44.6. The number of rotatable bonds is 24. The fourth-order valence-electron chi connectivity index (χ4n) is 10.2. The van der Waals surface area contributed by atoms with E-state index in [2.05, 4.69) is 76.2 Å². The van der Waals surface area contributed by atoms with E-state index in [0.717, 1.165) is 68.5 Å². The number of aromatic nitrogens is 4. The van der Waals surface area contributed by atoms with E-state index in [0.29, 0.717) is 0 Å². The Morgan fingerprint density at radius 3 is 1.25 bits per heavy atom. The summed E-state index contributed by atoms with van der Waals surface area (Å²) in [4.78, 5) is 10.7. The van der Waals surface area contributed by atoms with Crippen molar-refractivity contribution in [3.05, 3.63) is 58.3 Å². The van der Waals surface area contributed by atoms with E-state index in [9.17, 15) is 0 Å². The van der Waals surface area contributed by atoms with Gasteiger partial charge in [0.15, 0.2) is 0 Å². The van der Waals surface area contributed by atoms with Crippen molar-refractivity contribution < 1.29 is 0 Å². The van der Waals surface area contributed by atoms with Crippen LogP contribution in [0.2, 0.25) is 12.1 Å². The number of hydrogen-bond donors (Lipinski definition) is 2. The van der Waals surface area contributed by atoms with E-state index < -0.39 is 8.07 Å². The van der Waals surface area contributed by atoms with Crippen molar-refractivity contribution in [1.82, 2.24) is 17.5 Å². The zero-order chi connectivity index (χ0) is 44.9. The topological polar surface area (TPSA) is 104 Å². The van der Waals surface area contributed by atoms with Gasteiger partial charge in [0.25, 0.3) is 0 Å². The van der Waals surface area contributed by atoms with Crippen LogP contribution in [0.4, 0.5) is 11.4 Å². The number of unbranched alkanes of at least 4 members (excludes halogenated alkanes) is 12. The third-order valence-corrected chi connectivity index (χ3v) is 25.2. The largest absolute Gasteiger partial charge is 0.398 e. The molecule has 0 saturated heterocycles. The van der Waals surface area contributed by atoms with Crippen LogP contribution in [0.15, 0.2) is 48.5 Å². The Morgan fingerprint density at radius 2 is 0.831 bits per heavy atom. The highest BCUT2D eigenvalue weighted by Gasteiger charge is 2.48. The Labute approximate surface area is 411 Å². The normalized spacial score (nSPS) is 13.2. The van der Waals surface area contributed by atoms with Crippen LogP contribution >= 0.6 is 68.8 Å². The zero-order valence-electron chi connectivity index (χ0n) is 38.7. The van der Waals surface area contributed by atoms with E-state index in [-0.39, 0.29) is 0 Å². The molecule has 6 nitrogen and oxygen atoms in total. The van der Waals surface area contributed by atoms with E-state index in [1.807, 2.05) is 45.3 Å². The first kappa shape index (κ1) is 46.8. The lowest BCUT2D eigenvalue weighted by Crippen LogP contribution is -2.54. The molecule has 0 bridgehead atoms. The number of aryl methyl sites for hydroxylation is 2. The molecule has 7 heterocycles. The monoisotopic (exact) mass is 992 g/mol. The summed E-state index contributed by atoms with van der Waals surface area (Å²) in [5.74, 6) is 0. The number of nitrogens with two attached hydrogens (primary N) is 2. The summed E-state index contributed by atoms with van der Waals surface area (Å²) in [6.45, 7) is 9.20. The molecular weight excluding hydrogens is 929 g/mol. The molecule has 6 aromatic heterocycles. The highest BCUT2D eigenvalue weighted by atomic mass is 32.1. The maximum atomic E-state index is 7.21. The molecule has 0 unspecified atom stereocenters. The molecule has 2 aromatic carbocycles. The highest BCUT2D eigenvalue weighted by Crippen LogP contribution is 2.51. The first-order valence-electron chi connectivity index (χ1n) is 24.5. The first-order chi connectivity index (χ1) is 31.9. The fraction of sp³-hybridized carbons (Fsp3) is 0.462. The van der Waals surface area contributed by atoms with Crippen LogP contribution in [-0.2, 0) is 12.8 Å². The predicted octanol–water partition coefficient (Wildman–Crippen LogP) is 16.7. The molecule has 13 heteroatoms. The molecule has 1 aliphatic rings. The number of anilines is 2. The Balaban J connectivity index is 1.13. The number of nitrogen functional groups attached to an aromatic ring is 2. The van der Waals surface area contributed by atoms with Gasteiger partial charge in [-0.15, -0.1) is 45.3 Å². The number of fused-ring (bicyclic) bond motifs is 5. The van der Waals surface area contributed by atoms with Crippen molar-refractivity contribution >= 4 is 121 Å². The van der Waals surface area contributed by atoms with Crippen LogP contribution in [0.3, 0.4) is 0 Å². The summed E-state index contributed by atoms with van der Waals surface area (Å²) < 4.78 is 19.9. The molecule has 1 aliphatic heterocycles. The average molecular weight is 994 g/mol. The van der Waals surface area contributed by atoms with Gasteiger partial charge in [-0.3, -0.25) is 0 Å². The summed E-state index contributed by atoms with van der Waals surface area (Å²) >= 11 is 10.3. The molecule has 8 aromatic rings. The van der Waals surface area contributed by atoms with Crippen molar-refractivity contribution in [2.24, 2.45) is 0 Å². The molecule has 0 radical (unpaired) electrons. The van der Waals surface area contributed by atoms with Crippen LogP contribution in [0.1, 0.15) is 140 Å². The molecule has 65 heavy (non-hydrogen) atoms. The van der Waals surface area contributed by atoms with Gasteiger partial charge in [0.1, 0.15) is 30.1 Å². The van der Waals surface area contributed by atoms with Crippen molar-refractivity contribution in [2.45, 2.75) is 155 Å². The second-order valence-corrected chi connectivity index (χ2v) is 28.0. The van der Waals surface area contributed by atoms with Gasteiger partial charge in [0.2, 0.25) is 0 Å². The predicted molar refractivity (Wildman–Crippen MR) is 295 cm³/mol. The Hall–Kier alpha value is -3.30. The Morgan fingerprint density at radius 1 is 0.431 bits per heavy atom. The summed E-state index contributed by atoms with van der Waals surface area (Å²) in [7, 11) is -2.21. The van der Waals surface area contributed by atoms with E-state index in [4.69, 9.17) is 29.0 Å². The second kappa shape index (κ2) is 21.3. The minimum Gasteiger partial charge on any atom is -0.398 e. The van der Waals surface area contributed by atoms with Crippen molar-refractivity contribution in [1.29, 1.82) is 0 Å². The maximum absolute atomic E-state index is 7.21. The van der Waals surface area contributed by atoms with Gasteiger partial charge in [-0.2, -0.15) is 17.5 Å². The summed E-state index contributed by atoms with van der Waals surface area (Å²) in [6.07, 6.45) is 22.6. The molecule has 342 valence electrons. The summed E-state index contributed by atoms with van der Waals surface area (Å²) in [5.41, 5.74) is 24.2. The van der Waals surface area contributed by atoms with Crippen LogP contribution in [0.5, 0.6) is 0 Å². The Kier molecular flexibility index (Phi) is 15.4. The van der Waals surface area contributed by atoms with Crippen LogP contribution in [0.25, 0.3) is 73.6 Å². The van der Waals surface area contributed by atoms with Gasteiger partial charge in [0, 0.05) is 72.6 Å². The lowest BCUT2D eigenvalue weighted by atomic mass is 10.0. The van der Waals surface area contributed by atoms with Gasteiger partial charge in [-0.1, -0.05) is 118 Å². The standard InChI is InChI=1S/C52H64N6S6Si/c1-5-9-13-17-21-33-23-25-39(59-33)35-29-37(53)45(49-47(35)55-63-57-49)41-31-43-51(61-41)52-44(65(43,27-19-15-11-7-3)28-20-16-12-8-4)32-42(62-52)46-38(54)30-36(48-50(46)58-64-56-48)40-26-24-34(60-40)22-18-14-10-6-2/h23-26,29-32H,5-22,27-28,53-54H2,1-4H3. The summed E-state index contributed by atoms with van der Waals surface area (Å²) in [6, 6.07) is 21.2. The van der Waals surface area contributed by atoms with Crippen LogP contribution < -0.4 is 21.8 Å². The van der Waals surface area contributed by atoms with Crippen molar-refractivity contribution in [2.75, 3.05) is 11.5 Å². The number of benzene rings is 2. The molecule has 4 N–H and O–H groups in total. The van der Waals surface area contributed by atoms with Gasteiger partial charge >= 0.3 is 0 Å². The van der Waals surface area contributed by atoms with Crippen LogP contribution in [-0.4, -0.2) is 25.6 Å². The SMILES string of the molecule is CCCCCCc1ccc(-c2cc(N)c(-c3cc4c(s3)-c3sc(-c5c(N)cc(-c6ccc(CCCCCC)s6)c6nsnc56)cc3[Si]4(CCCCCC)CCCCCC)c3nsnc23)s1. The number of hydrogen-bond acceptors (Lipinski definition) is 12. The number of thiophene rings is 4. The fourth-order valence-corrected chi connectivity index (χ4v) is 23.0. The van der Waals surface area contributed by atoms with Gasteiger partial charge in [0.05, 0.1) is 23.5 Å². The molecule has 9 rings (SSSR count). The van der Waals surface area contributed by atoms with Crippen molar-refractivity contribution in [3.63, 3.8) is 0 Å². The molecule has 0 fully saturated rings. The smallest absolute Gasteiger partial charge is 0.122 e. The minimum atomic E-state index is -2.21. The van der Waals surface area contributed by atoms with Gasteiger partial charge in [-0.25, -0.2) is 0 Å². The van der Waals surface area contributed by atoms with E-state index in [1.165, 1.54) is 177 Å². The van der Waals surface area contributed by atoms with E-state index >= 15 is 0 Å². The molecule has 0 aliphatic carbocycles. The lowest BCUT2D eigenvalue weighted by molar-refractivity contribution is 0.670. The second-order valence-electron chi connectivity index (χ2n) is 18.3. The average Bonchev–Trinajstić information content (AvgIpc) is 4.17. The Bertz CT molecular complexity index is 2660. The molecule has 0 amide bonds. The number of nitrogens with zero attached hydrogens (tertiary/aromatic N) is 4. The third-order valence-electron chi connectivity index (χ3n) is 13.7. The highest BCUT2D eigenvalue weighted by molar-refractivity contribution is 7.32. The van der Waals surface area contributed by atoms with Crippen molar-refractivity contribution in [3.8, 4) is 51.5 Å². The third kappa shape index (κ3) is 9.46. The molecular formula is C52H64N6S6Si. The first-order valence-corrected chi connectivity index (χ1v) is 31.6. The maximum Gasteiger partial charge on any atom is 0.122 e. The molecule has 0 atom stereocenters. The minimum absolute atomic E-state index is 0.795. The quantitative estimate of drug-likeness (QED) is 0.0355. The van der Waals surface area contributed by atoms with Gasteiger partial charge in [-0.05, 0) is 96.7 Å². The summed E-state index contributed by atoms with van der Waals surface area (Å²) in [5, 5.41) is 3.24. The lowest BCUT2D eigenvalue weighted by Gasteiger charge is -2.29. The van der Waals surface area contributed by atoms with Crippen LogP contribution in [0, 0.1) is 0 Å². The van der Waals surface area contributed by atoms with Gasteiger partial charge < -0.3 is 11.5 Å². The van der Waals surface area contributed by atoms with E-state index in [1.54, 1.807) is 10.4 Å². The molecule has 0 saturated carbocycles.